The first-order chi connectivity index (χ1) is 18.5. The predicted octanol–water partition coefficient (Wildman–Crippen LogP) is 0.0246. The lowest BCUT2D eigenvalue weighted by Gasteiger charge is -2.28. The number of carboxylic acid groups (broad SMARTS) is 2. The van der Waals surface area contributed by atoms with Crippen molar-refractivity contribution < 1.29 is 39.3 Å². The summed E-state index contributed by atoms with van der Waals surface area (Å²) in [5.74, 6) is -4.89. The molecule has 7 N–H and O–H groups in total. The van der Waals surface area contributed by atoms with E-state index in [2.05, 4.69) is 10.6 Å². The summed E-state index contributed by atoms with van der Waals surface area (Å²) in [5.41, 5.74) is 7.58. The van der Waals surface area contributed by atoms with Gasteiger partial charge in [-0.05, 0) is 42.5 Å². The molecule has 0 spiro atoms. The van der Waals surface area contributed by atoms with Gasteiger partial charge in [-0.3, -0.25) is 19.2 Å². The number of amides is 3. The topological polar surface area (TPSA) is 199 Å². The minimum absolute atomic E-state index is 0.0110. The minimum atomic E-state index is -1.71. The van der Waals surface area contributed by atoms with Crippen LogP contribution in [0, 0.1) is 0 Å². The summed E-state index contributed by atoms with van der Waals surface area (Å²) < 4.78 is 0. The Kier molecular flexibility index (Phi) is 9.98. The van der Waals surface area contributed by atoms with E-state index in [1.165, 1.54) is 29.2 Å². The van der Waals surface area contributed by atoms with Gasteiger partial charge in [0.1, 0.15) is 23.9 Å². The molecule has 12 nitrogen and oxygen atoms in total. The number of rotatable bonds is 12. The van der Waals surface area contributed by atoms with Crippen LogP contribution in [-0.2, 0) is 36.8 Å². The molecular weight excluding hydrogens is 508 g/mol. The standard InChI is InChI=1S/C27H32N4O8/c28-19(13-16-5-2-1-3-6-16)26(37)31-12-4-7-22(31)25(36)29-20(14-17-8-10-18(32)11-9-17)24(35)30-21(27(38)39)15-23(33)34/h1-3,5-6,8-11,19-22,32H,4,7,12-15,28H2,(H,29,36)(H,30,35)(H,33,34)(H,38,39). The van der Waals surface area contributed by atoms with Crippen molar-refractivity contribution in [3.63, 3.8) is 0 Å². The number of nitrogens with two attached hydrogens (primary N) is 1. The second-order valence-electron chi connectivity index (χ2n) is 9.41. The zero-order valence-corrected chi connectivity index (χ0v) is 21.2. The predicted molar refractivity (Wildman–Crippen MR) is 138 cm³/mol. The molecule has 208 valence electrons. The van der Waals surface area contributed by atoms with Crippen LogP contribution in [0.15, 0.2) is 54.6 Å². The average molecular weight is 541 g/mol. The summed E-state index contributed by atoms with van der Waals surface area (Å²) in [7, 11) is 0. The van der Waals surface area contributed by atoms with Crippen molar-refractivity contribution in [3.05, 3.63) is 65.7 Å². The molecule has 0 bridgehead atoms. The molecule has 1 aliphatic heterocycles. The van der Waals surface area contributed by atoms with Crippen LogP contribution in [0.4, 0.5) is 0 Å². The summed E-state index contributed by atoms with van der Waals surface area (Å²) in [4.78, 5) is 63.4. The van der Waals surface area contributed by atoms with Gasteiger partial charge < -0.3 is 36.6 Å². The number of nitrogens with zero attached hydrogens (tertiary/aromatic N) is 1. The SMILES string of the molecule is NC(Cc1ccccc1)C(=O)N1CCCC1C(=O)NC(Cc1ccc(O)cc1)C(=O)NC(CC(=O)O)C(=O)O. The van der Waals surface area contributed by atoms with Gasteiger partial charge in [0.05, 0.1) is 12.5 Å². The minimum Gasteiger partial charge on any atom is -0.508 e. The van der Waals surface area contributed by atoms with Gasteiger partial charge in [-0.2, -0.15) is 0 Å². The Bertz CT molecular complexity index is 1190. The monoisotopic (exact) mass is 540 g/mol. The molecule has 2 aromatic rings. The van der Waals surface area contributed by atoms with Crippen molar-refractivity contribution in [1.29, 1.82) is 0 Å². The Hall–Kier alpha value is -4.45. The zero-order valence-electron chi connectivity index (χ0n) is 21.2. The number of carbonyl (C=O) groups excluding carboxylic acids is 3. The molecule has 4 atom stereocenters. The Balaban J connectivity index is 1.75. The Morgan fingerprint density at radius 2 is 1.54 bits per heavy atom. The van der Waals surface area contributed by atoms with Gasteiger partial charge in [0, 0.05) is 13.0 Å². The number of nitrogens with one attached hydrogen (secondary N) is 2. The van der Waals surface area contributed by atoms with E-state index in [9.17, 15) is 34.2 Å². The molecule has 3 amide bonds. The molecule has 2 aromatic carbocycles. The lowest BCUT2D eigenvalue weighted by molar-refractivity contribution is -0.147. The number of hydrogen-bond acceptors (Lipinski definition) is 7. The molecule has 1 saturated heterocycles. The van der Waals surface area contributed by atoms with E-state index in [4.69, 9.17) is 10.8 Å². The first kappa shape index (κ1) is 29.1. The molecule has 0 aliphatic carbocycles. The molecule has 0 radical (unpaired) electrons. The van der Waals surface area contributed by atoms with Gasteiger partial charge in [0.2, 0.25) is 17.7 Å². The highest BCUT2D eigenvalue weighted by atomic mass is 16.4. The quantitative estimate of drug-likeness (QED) is 0.215. The average Bonchev–Trinajstić information content (AvgIpc) is 3.39. The van der Waals surface area contributed by atoms with Crippen molar-refractivity contribution in [3.8, 4) is 5.75 Å². The molecule has 1 fully saturated rings. The zero-order chi connectivity index (χ0) is 28.5. The molecule has 39 heavy (non-hydrogen) atoms. The number of carbonyl (C=O) groups is 5. The maximum Gasteiger partial charge on any atom is 0.326 e. The normalized spacial score (nSPS) is 17.1. The van der Waals surface area contributed by atoms with Crippen LogP contribution in [0.25, 0.3) is 0 Å². The third-order valence-corrected chi connectivity index (χ3v) is 6.46. The third-order valence-electron chi connectivity index (χ3n) is 6.46. The highest BCUT2D eigenvalue weighted by molar-refractivity contribution is 5.95. The molecule has 1 heterocycles. The summed E-state index contributed by atoms with van der Waals surface area (Å²) in [6.45, 7) is 0.313. The molecule has 0 aromatic heterocycles. The van der Waals surface area contributed by atoms with Crippen molar-refractivity contribution in [2.24, 2.45) is 5.73 Å². The molecule has 0 saturated carbocycles. The summed E-state index contributed by atoms with van der Waals surface area (Å²) in [6.07, 6.45) is 0.253. The Morgan fingerprint density at radius 1 is 0.897 bits per heavy atom. The van der Waals surface area contributed by atoms with Gasteiger partial charge in [0.25, 0.3) is 0 Å². The van der Waals surface area contributed by atoms with Crippen LogP contribution in [0.1, 0.15) is 30.4 Å². The fourth-order valence-corrected chi connectivity index (χ4v) is 4.46. The van der Waals surface area contributed by atoms with E-state index in [-0.39, 0.29) is 18.6 Å². The highest BCUT2D eigenvalue weighted by Gasteiger charge is 2.38. The van der Waals surface area contributed by atoms with E-state index in [0.29, 0.717) is 24.9 Å². The lowest BCUT2D eigenvalue weighted by atomic mass is 10.0. The molecular formula is C27H32N4O8. The number of hydrogen-bond donors (Lipinski definition) is 6. The van der Waals surface area contributed by atoms with E-state index in [1.54, 1.807) is 0 Å². The largest absolute Gasteiger partial charge is 0.508 e. The van der Waals surface area contributed by atoms with Gasteiger partial charge in [-0.15, -0.1) is 0 Å². The Labute approximate surface area is 224 Å². The maximum atomic E-state index is 13.3. The number of likely N-dealkylation sites (tertiary alicyclic amines) is 1. The van der Waals surface area contributed by atoms with Gasteiger partial charge >= 0.3 is 11.9 Å². The van der Waals surface area contributed by atoms with Crippen molar-refractivity contribution in [2.45, 2.75) is 56.3 Å². The number of phenolic OH excluding ortho intramolecular Hbond substituents is 1. The van der Waals surface area contributed by atoms with Crippen LogP contribution in [0.2, 0.25) is 0 Å². The van der Waals surface area contributed by atoms with Crippen molar-refractivity contribution in [1.82, 2.24) is 15.5 Å². The number of carboxylic acids is 2. The van der Waals surface area contributed by atoms with Gasteiger partial charge in [0.15, 0.2) is 0 Å². The van der Waals surface area contributed by atoms with Crippen LogP contribution in [0.5, 0.6) is 5.75 Å². The van der Waals surface area contributed by atoms with E-state index in [1.807, 2.05) is 30.3 Å². The van der Waals surface area contributed by atoms with Gasteiger partial charge in [-0.1, -0.05) is 42.5 Å². The first-order valence-electron chi connectivity index (χ1n) is 12.5. The lowest BCUT2D eigenvalue weighted by Crippen LogP contribution is -2.57. The Morgan fingerprint density at radius 3 is 2.15 bits per heavy atom. The number of phenols is 1. The smallest absolute Gasteiger partial charge is 0.326 e. The summed E-state index contributed by atoms with van der Waals surface area (Å²) in [5, 5.41) is 32.7. The maximum absolute atomic E-state index is 13.3. The van der Waals surface area contributed by atoms with Crippen LogP contribution < -0.4 is 16.4 Å². The second kappa shape index (κ2) is 13.4. The molecule has 1 aliphatic rings. The second-order valence-corrected chi connectivity index (χ2v) is 9.41. The fraction of sp³-hybridized carbons (Fsp3) is 0.370. The van der Waals surface area contributed by atoms with Crippen molar-refractivity contribution >= 4 is 29.7 Å². The summed E-state index contributed by atoms with van der Waals surface area (Å²) >= 11 is 0. The van der Waals surface area contributed by atoms with Crippen LogP contribution in [-0.4, -0.2) is 80.6 Å². The molecule has 4 unspecified atom stereocenters. The third kappa shape index (κ3) is 8.27. The van der Waals surface area contributed by atoms with Crippen LogP contribution in [0.3, 0.4) is 0 Å². The van der Waals surface area contributed by atoms with E-state index < -0.39 is 60.2 Å². The number of aromatic hydroxyl groups is 1. The fourth-order valence-electron chi connectivity index (χ4n) is 4.46. The van der Waals surface area contributed by atoms with Gasteiger partial charge in [-0.25, -0.2) is 4.79 Å². The van der Waals surface area contributed by atoms with Crippen LogP contribution >= 0.6 is 0 Å². The highest BCUT2D eigenvalue weighted by Crippen LogP contribution is 2.20. The first-order valence-corrected chi connectivity index (χ1v) is 12.5. The molecule has 3 rings (SSSR count). The number of aliphatic carboxylic acids is 2. The summed E-state index contributed by atoms with van der Waals surface area (Å²) in [6, 6.07) is 10.3. The molecule has 12 heteroatoms. The van der Waals surface area contributed by atoms with E-state index >= 15 is 0 Å². The number of benzene rings is 2. The van der Waals surface area contributed by atoms with Crippen molar-refractivity contribution in [2.75, 3.05) is 6.54 Å². The van der Waals surface area contributed by atoms with E-state index in [0.717, 1.165) is 5.56 Å².